The molecule has 0 spiro atoms. The first kappa shape index (κ1) is 20.7. The van der Waals surface area contributed by atoms with Crippen LogP contribution in [0.25, 0.3) is 0 Å². The Labute approximate surface area is 168 Å². The maximum absolute atomic E-state index is 6.39. The molecule has 5 nitrogen and oxygen atoms in total. The quantitative estimate of drug-likeness (QED) is 0.722. The van der Waals surface area contributed by atoms with Gasteiger partial charge in [0.05, 0.1) is 18.7 Å². The number of nitrogens with zero attached hydrogens (tertiary/aromatic N) is 1. The number of piperidine rings is 1. The van der Waals surface area contributed by atoms with Gasteiger partial charge in [0, 0.05) is 31.8 Å². The second-order valence-corrected chi connectivity index (χ2v) is 7.94. The van der Waals surface area contributed by atoms with E-state index in [0.717, 1.165) is 44.7 Å². The minimum atomic E-state index is 0.220. The molecule has 2 saturated heterocycles. The highest BCUT2D eigenvalue weighted by Gasteiger charge is 2.38. The summed E-state index contributed by atoms with van der Waals surface area (Å²) in [7, 11) is 1.62. The van der Waals surface area contributed by atoms with E-state index in [-0.39, 0.29) is 5.54 Å². The van der Waals surface area contributed by atoms with E-state index in [2.05, 4.69) is 10.2 Å². The van der Waals surface area contributed by atoms with E-state index >= 15 is 0 Å². The molecule has 2 aliphatic rings. The van der Waals surface area contributed by atoms with E-state index in [9.17, 15) is 0 Å². The van der Waals surface area contributed by atoms with E-state index < -0.39 is 0 Å². The Morgan fingerprint density at radius 1 is 1.19 bits per heavy atom. The average Bonchev–Trinajstić information content (AvgIpc) is 2.70. The molecular weight excluding hydrogens is 364 g/mol. The summed E-state index contributed by atoms with van der Waals surface area (Å²) in [6.45, 7) is 8.44. The molecule has 3 rings (SSSR count). The highest BCUT2D eigenvalue weighted by molar-refractivity contribution is 6.32. The summed E-state index contributed by atoms with van der Waals surface area (Å²) >= 11 is 6.39. The van der Waals surface area contributed by atoms with Gasteiger partial charge in [0.1, 0.15) is 0 Å². The maximum Gasteiger partial charge on any atom is 0.179 e. The van der Waals surface area contributed by atoms with Crippen LogP contribution in [0.5, 0.6) is 11.5 Å². The Morgan fingerprint density at radius 3 is 2.59 bits per heavy atom. The third-order valence-corrected chi connectivity index (χ3v) is 6.09. The Hall–Kier alpha value is -1.01. The highest BCUT2D eigenvalue weighted by Crippen LogP contribution is 2.36. The van der Waals surface area contributed by atoms with Crippen LogP contribution >= 0.6 is 11.6 Å². The number of hydrogen-bond donors (Lipinski definition) is 1. The van der Waals surface area contributed by atoms with Gasteiger partial charge in [-0.2, -0.15) is 0 Å². The fraction of sp³-hybridized carbons (Fsp3) is 0.714. The predicted molar refractivity (Wildman–Crippen MR) is 109 cm³/mol. The van der Waals surface area contributed by atoms with Crippen molar-refractivity contribution in [2.24, 2.45) is 0 Å². The van der Waals surface area contributed by atoms with Crippen molar-refractivity contribution < 1.29 is 14.2 Å². The van der Waals surface area contributed by atoms with Crippen LogP contribution in [-0.4, -0.2) is 57.0 Å². The lowest BCUT2D eigenvalue weighted by Gasteiger charge is -2.48. The van der Waals surface area contributed by atoms with Crippen LogP contribution < -0.4 is 14.8 Å². The Morgan fingerprint density at radius 2 is 1.93 bits per heavy atom. The number of ether oxygens (including phenoxy) is 3. The lowest BCUT2D eigenvalue weighted by atomic mass is 9.86. The van der Waals surface area contributed by atoms with Gasteiger partial charge >= 0.3 is 0 Å². The minimum Gasteiger partial charge on any atom is -0.491 e. The Kier molecular flexibility index (Phi) is 7.65. The molecular formula is C21H33ClN2O3. The lowest BCUT2D eigenvalue weighted by Crippen LogP contribution is -2.59. The Bertz CT molecular complexity index is 599. The summed E-state index contributed by atoms with van der Waals surface area (Å²) in [6, 6.07) is 3.99. The fourth-order valence-electron chi connectivity index (χ4n) is 4.35. The van der Waals surface area contributed by atoms with Crippen LogP contribution in [0.15, 0.2) is 12.1 Å². The molecule has 6 heteroatoms. The van der Waals surface area contributed by atoms with Crippen LogP contribution in [0.1, 0.15) is 44.6 Å². The molecule has 152 valence electrons. The first-order valence-corrected chi connectivity index (χ1v) is 10.6. The van der Waals surface area contributed by atoms with E-state index in [1.807, 2.05) is 19.1 Å². The molecule has 0 saturated carbocycles. The SMILES string of the molecule is CCOc1cc(CNCC2(N3CCCCC3)CCOCC2)cc(Cl)c1OC. The number of benzene rings is 1. The summed E-state index contributed by atoms with van der Waals surface area (Å²) in [5.74, 6) is 1.32. The predicted octanol–water partition coefficient (Wildman–Crippen LogP) is 3.87. The van der Waals surface area contributed by atoms with Crippen LogP contribution in [0.3, 0.4) is 0 Å². The van der Waals surface area contributed by atoms with Crippen LogP contribution in [0.2, 0.25) is 5.02 Å². The second-order valence-electron chi connectivity index (χ2n) is 7.53. The van der Waals surface area contributed by atoms with Crippen molar-refractivity contribution in [2.75, 3.05) is 46.6 Å². The summed E-state index contributed by atoms with van der Waals surface area (Å²) < 4.78 is 16.7. The zero-order chi connectivity index (χ0) is 19.1. The Balaban J connectivity index is 1.66. The first-order chi connectivity index (χ1) is 13.2. The fourth-order valence-corrected chi connectivity index (χ4v) is 4.66. The molecule has 1 aromatic carbocycles. The van der Waals surface area contributed by atoms with Crippen molar-refractivity contribution in [3.05, 3.63) is 22.7 Å². The van der Waals surface area contributed by atoms with Crippen molar-refractivity contribution in [3.63, 3.8) is 0 Å². The van der Waals surface area contributed by atoms with Crippen molar-refractivity contribution in [3.8, 4) is 11.5 Å². The standard InChI is InChI=1S/C21H33ClN2O3/c1-3-27-19-14-17(13-18(22)20(19)25-2)15-23-16-21(7-11-26-12-8-21)24-9-5-4-6-10-24/h13-14,23H,3-12,15-16H2,1-2H3. The van der Waals surface area contributed by atoms with Crippen LogP contribution in [-0.2, 0) is 11.3 Å². The van der Waals surface area contributed by atoms with Gasteiger partial charge in [-0.05, 0) is 63.4 Å². The molecule has 0 radical (unpaired) electrons. The van der Waals surface area contributed by atoms with Crippen molar-refractivity contribution in [2.45, 2.75) is 51.1 Å². The molecule has 27 heavy (non-hydrogen) atoms. The van der Waals surface area contributed by atoms with Gasteiger partial charge in [0.15, 0.2) is 11.5 Å². The van der Waals surface area contributed by atoms with E-state index in [1.54, 1.807) is 7.11 Å². The number of hydrogen-bond acceptors (Lipinski definition) is 5. The first-order valence-electron chi connectivity index (χ1n) is 10.2. The van der Waals surface area contributed by atoms with Crippen molar-refractivity contribution in [1.29, 1.82) is 0 Å². The van der Waals surface area contributed by atoms with Gasteiger partial charge in [-0.1, -0.05) is 18.0 Å². The molecule has 0 atom stereocenters. The maximum atomic E-state index is 6.39. The number of methoxy groups -OCH3 is 1. The average molecular weight is 397 g/mol. The highest BCUT2D eigenvalue weighted by atomic mass is 35.5. The third kappa shape index (κ3) is 5.08. The zero-order valence-electron chi connectivity index (χ0n) is 16.7. The van der Waals surface area contributed by atoms with E-state index in [0.29, 0.717) is 23.1 Å². The van der Waals surface area contributed by atoms with Crippen molar-refractivity contribution >= 4 is 11.6 Å². The molecule has 0 aromatic heterocycles. The number of rotatable bonds is 8. The molecule has 2 heterocycles. The van der Waals surface area contributed by atoms with Gasteiger partial charge in [-0.15, -0.1) is 0 Å². The van der Waals surface area contributed by atoms with Gasteiger partial charge in [-0.25, -0.2) is 0 Å². The molecule has 0 amide bonds. The van der Waals surface area contributed by atoms with Crippen LogP contribution in [0.4, 0.5) is 0 Å². The van der Waals surface area contributed by atoms with Gasteiger partial charge in [0.2, 0.25) is 0 Å². The number of halogens is 1. The third-order valence-electron chi connectivity index (χ3n) is 5.81. The largest absolute Gasteiger partial charge is 0.491 e. The van der Waals surface area contributed by atoms with Gasteiger partial charge < -0.3 is 19.5 Å². The van der Waals surface area contributed by atoms with E-state index in [1.165, 1.54) is 32.4 Å². The molecule has 2 aliphatic heterocycles. The topological polar surface area (TPSA) is 43.0 Å². The second kappa shape index (κ2) is 9.97. The van der Waals surface area contributed by atoms with Gasteiger partial charge in [0.25, 0.3) is 0 Å². The molecule has 2 fully saturated rings. The molecule has 0 bridgehead atoms. The lowest BCUT2D eigenvalue weighted by molar-refractivity contribution is -0.0358. The molecule has 0 unspecified atom stereocenters. The zero-order valence-corrected chi connectivity index (χ0v) is 17.4. The number of likely N-dealkylation sites (tertiary alicyclic amines) is 1. The summed E-state index contributed by atoms with van der Waals surface area (Å²) in [5, 5.41) is 4.29. The minimum absolute atomic E-state index is 0.220. The summed E-state index contributed by atoms with van der Waals surface area (Å²) in [5.41, 5.74) is 1.34. The smallest absolute Gasteiger partial charge is 0.179 e. The number of nitrogens with one attached hydrogen (secondary N) is 1. The van der Waals surface area contributed by atoms with Gasteiger partial charge in [-0.3, -0.25) is 4.90 Å². The molecule has 1 N–H and O–H groups in total. The summed E-state index contributed by atoms with van der Waals surface area (Å²) in [6.07, 6.45) is 6.20. The summed E-state index contributed by atoms with van der Waals surface area (Å²) in [4.78, 5) is 2.71. The van der Waals surface area contributed by atoms with Crippen LogP contribution in [0, 0.1) is 0 Å². The normalized spacial score (nSPS) is 20.4. The molecule has 1 aromatic rings. The van der Waals surface area contributed by atoms with Crippen molar-refractivity contribution in [1.82, 2.24) is 10.2 Å². The molecule has 0 aliphatic carbocycles. The van der Waals surface area contributed by atoms with E-state index in [4.69, 9.17) is 25.8 Å². The monoisotopic (exact) mass is 396 g/mol.